The minimum Gasteiger partial charge on any atom is -0.383 e. The van der Waals surface area contributed by atoms with Crippen LogP contribution in [0.5, 0.6) is 0 Å². The molecule has 1 aliphatic heterocycles. The Bertz CT molecular complexity index is 1390. The Morgan fingerprint density at radius 2 is 1.84 bits per heavy atom. The second-order valence-electron chi connectivity index (χ2n) is 9.65. The molecule has 1 aliphatic carbocycles. The van der Waals surface area contributed by atoms with Gasteiger partial charge in [-0.25, -0.2) is 19.3 Å². The second-order valence-corrected chi connectivity index (χ2v) is 9.65. The Morgan fingerprint density at radius 1 is 1.03 bits per heavy atom. The van der Waals surface area contributed by atoms with Crippen LogP contribution in [0.25, 0.3) is 22.3 Å². The molecule has 3 aromatic heterocycles. The summed E-state index contributed by atoms with van der Waals surface area (Å²) < 4.78 is 18.6. The van der Waals surface area contributed by atoms with Crippen molar-refractivity contribution in [1.29, 1.82) is 0 Å². The molecule has 2 fully saturated rings. The van der Waals surface area contributed by atoms with Crippen LogP contribution in [-0.4, -0.2) is 71.3 Å². The Balaban J connectivity index is 1.36. The van der Waals surface area contributed by atoms with Crippen LogP contribution in [0.15, 0.2) is 55.0 Å². The summed E-state index contributed by atoms with van der Waals surface area (Å²) in [7, 11) is 1.75. The highest BCUT2D eigenvalue weighted by Crippen LogP contribution is 2.45. The summed E-state index contributed by atoms with van der Waals surface area (Å²) in [5, 5.41) is 4.37. The van der Waals surface area contributed by atoms with Gasteiger partial charge in [-0.2, -0.15) is 0 Å². The second kappa shape index (κ2) is 10.4. The summed E-state index contributed by atoms with van der Waals surface area (Å²) in [5.41, 5.74) is 3.75. The number of rotatable bonds is 8. The van der Waals surface area contributed by atoms with Crippen molar-refractivity contribution in [1.82, 2.24) is 24.8 Å². The molecule has 0 atom stereocenters. The van der Waals surface area contributed by atoms with Crippen LogP contribution in [0.1, 0.15) is 24.3 Å². The average molecular weight is 500 g/mol. The monoisotopic (exact) mass is 499 g/mol. The van der Waals surface area contributed by atoms with Crippen molar-refractivity contribution in [2.24, 2.45) is 0 Å². The van der Waals surface area contributed by atoms with Gasteiger partial charge in [-0.1, -0.05) is 0 Å². The third-order valence-electron chi connectivity index (χ3n) is 7.05. The third-order valence-corrected chi connectivity index (χ3v) is 7.05. The maximum Gasteiger partial charge on any atom is 0.162 e. The number of nitrogens with zero attached hydrogens (tertiary/aromatic N) is 6. The minimum absolute atomic E-state index is 0.275. The molecular formula is C28H30FN7O. The van der Waals surface area contributed by atoms with E-state index in [4.69, 9.17) is 14.7 Å². The summed E-state index contributed by atoms with van der Waals surface area (Å²) in [6, 6.07) is 10.1. The minimum atomic E-state index is -0.275. The van der Waals surface area contributed by atoms with Crippen molar-refractivity contribution in [3.05, 3.63) is 66.4 Å². The van der Waals surface area contributed by atoms with E-state index in [0.717, 1.165) is 67.3 Å². The van der Waals surface area contributed by atoms with E-state index in [1.807, 2.05) is 24.5 Å². The summed E-state index contributed by atoms with van der Waals surface area (Å²) in [5.74, 6) is 2.54. The molecule has 1 saturated heterocycles. The van der Waals surface area contributed by atoms with Crippen molar-refractivity contribution in [2.75, 3.05) is 56.7 Å². The van der Waals surface area contributed by atoms with Crippen LogP contribution >= 0.6 is 0 Å². The van der Waals surface area contributed by atoms with E-state index in [2.05, 4.69) is 25.1 Å². The molecule has 1 saturated carbocycles. The van der Waals surface area contributed by atoms with Crippen LogP contribution in [0, 0.1) is 5.82 Å². The summed E-state index contributed by atoms with van der Waals surface area (Å²) in [4.78, 5) is 23.9. The van der Waals surface area contributed by atoms with Crippen molar-refractivity contribution in [3.63, 3.8) is 0 Å². The largest absolute Gasteiger partial charge is 0.383 e. The third kappa shape index (κ3) is 5.23. The van der Waals surface area contributed by atoms with Gasteiger partial charge in [-0.05, 0) is 60.7 Å². The van der Waals surface area contributed by atoms with Gasteiger partial charge in [-0.15, -0.1) is 0 Å². The van der Waals surface area contributed by atoms with E-state index in [-0.39, 0.29) is 5.82 Å². The predicted octanol–water partition coefficient (Wildman–Crippen LogP) is 4.62. The van der Waals surface area contributed by atoms with E-state index < -0.39 is 0 Å². The molecule has 2 aliphatic rings. The topological polar surface area (TPSA) is 79.3 Å². The first kappa shape index (κ1) is 23.7. The van der Waals surface area contributed by atoms with E-state index in [0.29, 0.717) is 17.6 Å². The number of methoxy groups -OCH3 is 1. The maximum absolute atomic E-state index is 13.3. The standard InChI is InChI=1S/C28H30FN7O/c1-37-15-14-35-10-12-36(13-11-35)28-26-23(19-2-3-19)17-30-18-24(26)33-27(34-28)20-8-9-31-25(16-20)32-22-6-4-21(29)5-7-22/h4-9,16-19H,2-3,10-15H2,1H3,(H,31,32). The van der Waals surface area contributed by atoms with Crippen LogP contribution in [0.3, 0.4) is 0 Å². The normalized spacial score (nSPS) is 16.3. The number of nitrogens with one attached hydrogen (secondary N) is 1. The van der Waals surface area contributed by atoms with Crippen molar-refractivity contribution in [3.8, 4) is 11.4 Å². The van der Waals surface area contributed by atoms with Crippen molar-refractivity contribution in [2.45, 2.75) is 18.8 Å². The molecule has 0 bridgehead atoms. The van der Waals surface area contributed by atoms with Crippen molar-refractivity contribution < 1.29 is 9.13 Å². The number of ether oxygens (including phenoxy) is 1. The van der Waals surface area contributed by atoms with Crippen molar-refractivity contribution >= 4 is 28.2 Å². The van der Waals surface area contributed by atoms with E-state index >= 15 is 0 Å². The van der Waals surface area contributed by atoms with Gasteiger partial charge < -0.3 is 15.0 Å². The Hall–Kier alpha value is -3.69. The first-order chi connectivity index (χ1) is 18.2. The highest BCUT2D eigenvalue weighted by atomic mass is 19.1. The molecule has 6 rings (SSSR count). The molecule has 8 nitrogen and oxygen atoms in total. The van der Waals surface area contributed by atoms with Crippen LogP contribution in [-0.2, 0) is 4.74 Å². The number of halogens is 1. The van der Waals surface area contributed by atoms with Crippen LogP contribution in [0.2, 0.25) is 0 Å². The SMILES string of the molecule is COCCN1CCN(c2nc(-c3ccnc(Nc4ccc(F)cc4)c3)nc3cncc(C4CC4)c23)CC1. The fourth-order valence-electron chi connectivity index (χ4n) is 4.87. The van der Waals surface area contributed by atoms with E-state index in [9.17, 15) is 4.39 Å². The number of piperazine rings is 1. The molecule has 4 heterocycles. The number of benzene rings is 1. The number of fused-ring (bicyclic) bond motifs is 1. The lowest BCUT2D eigenvalue weighted by molar-refractivity contribution is 0.144. The molecule has 1 aromatic carbocycles. The Labute approximate surface area is 215 Å². The number of anilines is 3. The first-order valence-corrected chi connectivity index (χ1v) is 12.8. The van der Waals surface area contributed by atoms with E-state index in [1.165, 1.54) is 30.5 Å². The molecule has 0 unspecified atom stereocenters. The van der Waals surface area contributed by atoms with Gasteiger partial charge in [0.1, 0.15) is 17.5 Å². The lowest BCUT2D eigenvalue weighted by Gasteiger charge is -2.36. The van der Waals surface area contributed by atoms with Gasteiger partial charge in [0.15, 0.2) is 5.82 Å². The lowest BCUT2D eigenvalue weighted by Crippen LogP contribution is -2.47. The Morgan fingerprint density at radius 3 is 2.59 bits per heavy atom. The zero-order valence-electron chi connectivity index (χ0n) is 20.9. The van der Waals surface area contributed by atoms with Gasteiger partial charge >= 0.3 is 0 Å². The predicted molar refractivity (Wildman–Crippen MR) is 143 cm³/mol. The lowest BCUT2D eigenvalue weighted by atomic mass is 10.1. The molecule has 0 amide bonds. The smallest absolute Gasteiger partial charge is 0.162 e. The molecule has 9 heteroatoms. The van der Waals surface area contributed by atoms with Gasteiger partial charge in [-0.3, -0.25) is 9.88 Å². The number of hydrogen-bond donors (Lipinski definition) is 1. The maximum atomic E-state index is 13.3. The number of aromatic nitrogens is 4. The first-order valence-electron chi connectivity index (χ1n) is 12.8. The van der Waals surface area contributed by atoms with Gasteiger partial charge in [0.2, 0.25) is 0 Å². The van der Waals surface area contributed by atoms with Crippen LogP contribution in [0.4, 0.5) is 21.7 Å². The fourth-order valence-corrected chi connectivity index (χ4v) is 4.87. The highest BCUT2D eigenvalue weighted by Gasteiger charge is 2.30. The molecule has 1 N–H and O–H groups in total. The summed E-state index contributed by atoms with van der Waals surface area (Å²) >= 11 is 0. The van der Waals surface area contributed by atoms with Crippen LogP contribution < -0.4 is 10.2 Å². The quantitative estimate of drug-likeness (QED) is 0.376. The molecule has 190 valence electrons. The number of pyridine rings is 2. The fraction of sp³-hybridized carbons (Fsp3) is 0.357. The van der Waals surface area contributed by atoms with Gasteiger partial charge in [0.05, 0.1) is 18.3 Å². The Kier molecular flexibility index (Phi) is 6.63. The number of hydrogen-bond acceptors (Lipinski definition) is 8. The summed E-state index contributed by atoms with van der Waals surface area (Å²) in [6.45, 7) is 5.42. The van der Waals surface area contributed by atoms with E-state index in [1.54, 1.807) is 25.4 Å². The summed E-state index contributed by atoms with van der Waals surface area (Å²) in [6.07, 6.45) is 7.97. The molecule has 0 radical (unpaired) electrons. The molecule has 0 spiro atoms. The molecular weight excluding hydrogens is 469 g/mol. The highest BCUT2D eigenvalue weighted by molar-refractivity contribution is 5.94. The van der Waals surface area contributed by atoms with Gasteiger partial charge in [0.25, 0.3) is 0 Å². The van der Waals surface area contributed by atoms with Gasteiger partial charge in [0, 0.05) is 68.9 Å². The average Bonchev–Trinajstić information content (AvgIpc) is 3.78. The molecule has 37 heavy (non-hydrogen) atoms. The zero-order chi connectivity index (χ0) is 25.2. The molecule has 4 aromatic rings. The zero-order valence-corrected chi connectivity index (χ0v) is 20.9.